The van der Waals surface area contributed by atoms with Crippen molar-refractivity contribution in [2.45, 2.75) is 24.8 Å². The molecule has 1 N–H and O–H groups in total. The molecule has 0 saturated carbocycles. The van der Waals surface area contributed by atoms with Gasteiger partial charge in [0.2, 0.25) is 0 Å². The number of aromatic amines is 1. The highest BCUT2D eigenvalue weighted by atomic mass is 32.2. The molecule has 0 amide bonds. The fraction of sp³-hybridized carbons (Fsp3) is 0.158. The summed E-state index contributed by atoms with van der Waals surface area (Å²) in [5, 5.41) is 1.84. The number of nitrogens with zero attached hydrogens (tertiary/aromatic N) is 1. The van der Waals surface area contributed by atoms with Gasteiger partial charge in [0.05, 0.1) is 11.0 Å². The molecule has 0 aliphatic carbocycles. The molecule has 0 aliphatic heterocycles. The number of aromatic nitrogens is 2. The van der Waals surface area contributed by atoms with Crippen LogP contribution in [0.15, 0.2) is 56.8 Å². The summed E-state index contributed by atoms with van der Waals surface area (Å²) in [4.78, 5) is 19.8. The van der Waals surface area contributed by atoms with Crippen molar-refractivity contribution >= 4 is 33.8 Å². The van der Waals surface area contributed by atoms with E-state index in [-0.39, 0.29) is 5.63 Å². The Hall–Kier alpha value is -2.53. The lowest BCUT2D eigenvalue weighted by molar-refractivity contribution is 0.557. The normalized spacial score (nSPS) is 11.4. The molecule has 5 heteroatoms. The molecule has 2 heterocycles. The van der Waals surface area contributed by atoms with Crippen molar-refractivity contribution in [1.82, 2.24) is 9.97 Å². The molecule has 4 aromatic rings. The number of rotatable bonds is 3. The average molecular weight is 336 g/mol. The van der Waals surface area contributed by atoms with Crippen molar-refractivity contribution in [3.8, 4) is 0 Å². The fourth-order valence-electron chi connectivity index (χ4n) is 2.79. The van der Waals surface area contributed by atoms with E-state index in [1.165, 1.54) is 0 Å². The highest BCUT2D eigenvalue weighted by molar-refractivity contribution is 7.98. The number of thioether (sulfide) groups is 1. The van der Waals surface area contributed by atoms with Crippen LogP contribution in [0.1, 0.15) is 16.7 Å². The molecule has 0 saturated heterocycles. The molecule has 4 rings (SSSR count). The van der Waals surface area contributed by atoms with E-state index in [4.69, 9.17) is 4.42 Å². The van der Waals surface area contributed by atoms with Gasteiger partial charge in [-0.3, -0.25) is 0 Å². The van der Waals surface area contributed by atoms with Crippen LogP contribution in [0, 0.1) is 13.8 Å². The van der Waals surface area contributed by atoms with Crippen LogP contribution >= 0.6 is 11.8 Å². The van der Waals surface area contributed by atoms with E-state index in [2.05, 4.69) is 16.0 Å². The standard InChI is InChI=1S/C19H16N2O2S/c1-11-7-8-14-13(9-17(22)23-18(14)12(11)2)10-24-19-20-15-5-3-4-6-16(15)21-19/h3-9H,10H2,1-2H3,(H,20,21). The topological polar surface area (TPSA) is 58.9 Å². The van der Waals surface area contributed by atoms with Gasteiger partial charge in [-0.25, -0.2) is 9.78 Å². The Morgan fingerprint density at radius 1 is 1.17 bits per heavy atom. The second kappa shape index (κ2) is 5.83. The van der Waals surface area contributed by atoms with Gasteiger partial charge >= 0.3 is 5.63 Å². The van der Waals surface area contributed by atoms with Gasteiger partial charge < -0.3 is 9.40 Å². The third-order valence-electron chi connectivity index (χ3n) is 4.25. The molecule has 0 bridgehead atoms. The van der Waals surface area contributed by atoms with Gasteiger partial charge in [0.25, 0.3) is 0 Å². The first kappa shape index (κ1) is 15.0. The number of hydrogen-bond donors (Lipinski definition) is 1. The third kappa shape index (κ3) is 2.61. The van der Waals surface area contributed by atoms with Crippen molar-refractivity contribution in [1.29, 1.82) is 0 Å². The molecule has 2 aromatic carbocycles. The maximum absolute atomic E-state index is 11.9. The van der Waals surface area contributed by atoms with Crippen LogP contribution in [0.25, 0.3) is 22.0 Å². The van der Waals surface area contributed by atoms with Crippen LogP contribution in [-0.4, -0.2) is 9.97 Å². The first-order chi connectivity index (χ1) is 11.6. The van der Waals surface area contributed by atoms with Crippen molar-refractivity contribution in [3.63, 3.8) is 0 Å². The zero-order valence-corrected chi connectivity index (χ0v) is 14.2. The Kier molecular flexibility index (Phi) is 3.65. The van der Waals surface area contributed by atoms with E-state index in [0.717, 1.165) is 38.3 Å². The van der Waals surface area contributed by atoms with Gasteiger partial charge in [0, 0.05) is 17.2 Å². The van der Waals surface area contributed by atoms with Gasteiger partial charge in [-0.2, -0.15) is 0 Å². The Bertz CT molecular complexity index is 1080. The predicted octanol–water partition coefficient (Wildman–Crippen LogP) is 4.58. The summed E-state index contributed by atoms with van der Waals surface area (Å²) >= 11 is 1.59. The first-order valence-electron chi connectivity index (χ1n) is 7.72. The van der Waals surface area contributed by atoms with Crippen molar-refractivity contribution in [2.24, 2.45) is 0 Å². The average Bonchev–Trinajstić information content (AvgIpc) is 2.99. The van der Waals surface area contributed by atoms with Crippen LogP contribution in [0.3, 0.4) is 0 Å². The molecule has 0 fully saturated rings. The highest BCUT2D eigenvalue weighted by Crippen LogP contribution is 2.28. The summed E-state index contributed by atoms with van der Waals surface area (Å²) in [6.07, 6.45) is 0. The number of para-hydroxylation sites is 2. The molecule has 4 nitrogen and oxygen atoms in total. The minimum atomic E-state index is -0.309. The number of H-pyrrole nitrogens is 1. The summed E-state index contributed by atoms with van der Waals surface area (Å²) in [6, 6.07) is 13.6. The molecule has 0 aliphatic rings. The number of imidazole rings is 1. The maximum atomic E-state index is 11.9. The molecule has 24 heavy (non-hydrogen) atoms. The number of nitrogens with one attached hydrogen (secondary N) is 1. The smallest absolute Gasteiger partial charge is 0.336 e. The van der Waals surface area contributed by atoms with E-state index in [9.17, 15) is 4.79 Å². The third-order valence-corrected chi connectivity index (χ3v) is 5.17. The van der Waals surface area contributed by atoms with Gasteiger partial charge in [0.15, 0.2) is 5.16 Å². The molecular formula is C19H16N2O2S. The number of hydrogen-bond acceptors (Lipinski definition) is 4. The van der Waals surface area contributed by atoms with Crippen LogP contribution < -0.4 is 5.63 Å². The van der Waals surface area contributed by atoms with E-state index in [0.29, 0.717) is 11.3 Å². The number of aryl methyl sites for hydroxylation is 2. The summed E-state index contributed by atoms with van der Waals surface area (Å²) < 4.78 is 5.43. The van der Waals surface area contributed by atoms with E-state index in [1.54, 1.807) is 17.8 Å². The fourth-order valence-corrected chi connectivity index (χ4v) is 3.66. The molecule has 0 spiro atoms. The van der Waals surface area contributed by atoms with Crippen molar-refractivity contribution < 1.29 is 4.42 Å². The van der Waals surface area contributed by atoms with Crippen molar-refractivity contribution in [3.05, 3.63) is 69.6 Å². The van der Waals surface area contributed by atoms with Crippen LogP contribution in [0.5, 0.6) is 0 Å². The minimum Gasteiger partial charge on any atom is -0.422 e. The maximum Gasteiger partial charge on any atom is 0.336 e. The summed E-state index contributed by atoms with van der Waals surface area (Å²) in [5.74, 6) is 0.657. The molecule has 2 aromatic heterocycles. The second-order valence-corrected chi connectivity index (χ2v) is 6.79. The minimum absolute atomic E-state index is 0.309. The lowest BCUT2D eigenvalue weighted by atomic mass is 10.0. The van der Waals surface area contributed by atoms with Gasteiger partial charge in [-0.1, -0.05) is 36.0 Å². The van der Waals surface area contributed by atoms with E-state index < -0.39 is 0 Å². The highest BCUT2D eigenvalue weighted by Gasteiger charge is 2.11. The number of fused-ring (bicyclic) bond motifs is 2. The van der Waals surface area contributed by atoms with Gasteiger partial charge in [0.1, 0.15) is 5.58 Å². The Balaban J connectivity index is 1.71. The zero-order chi connectivity index (χ0) is 16.7. The molecular weight excluding hydrogens is 320 g/mol. The summed E-state index contributed by atoms with van der Waals surface area (Å²) in [7, 11) is 0. The quantitative estimate of drug-likeness (QED) is 0.439. The zero-order valence-electron chi connectivity index (χ0n) is 13.4. The van der Waals surface area contributed by atoms with Gasteiger partial charge in [-0.05, 0) is 42.7 Å². The largest absolute Gasteiger partial charge is 0.422 e. The van der Waals surface area contributed by atoms with Crippen LogP contribution in [0.2, 0.25) is 0 Å². The van der Waals surface area contributed by atoms with Crippen molar-refractivity contribution in [2.75, 3.05) is 0 Å². The Morgan fingerprint density at radius 2 is 2.00 bits per heavy atom. The molecule has 0 unspecified atom stereocenters. The lowest BCUT2D eigenvalue weighted by Gasteiger charge is -2.08. The van der Waals surface area contributed by atoms with Crippen LogP contribution in [0.4, 0.5) is 0 Å². The Labute approximate surface area is 142 Å². The van der Waals surface area contributed by atoms with E-state index >= 15 is 0 Å². The molecule has 0 radical (unpaired) electrons. The van der Waals surface area contributed by atoms with Crippen LogP contribution in [-0.2, 0) is 5.75 Å². The lowest BCUT2D eigenvalue weighted by Crippen LogP contribution is -2.01. The number of benzene rings is 2. The second-order valence-electron chi connectivity index (χ2n) is 5.82. The monoisotopic (exact) mass is 336 g/mol. The SMILES string of the molecule is Cc1ccc2c(CSc3nc4ccccc4[nH]3)cc(=O)oc2c1C. The van der Waals surface area contributed by atoms with E-state index in [1.807, 2.05) is 44.2 Å². The first-order valence-corrected chi connectivity index (χ1v) is 8.71. The molecule has 0 atom stereocenters. The summed E-state index contributed by atoms with van der Waals surface area (Å²) in [6.45, 7) is 4.00. The van der Waals surface area contributed by atoms with Gasteiger partial charge in [-0.15, -0.1) is 0 Å². The molecule has 120 valence electrons. The predicted molar refractivity (Wildman–Crippen MR) is 97.6 cm³/mol. The summed E-state index contributed by atoms with van der Waals surface area (Å²) in [5.41, 5.74) is 5.44. The Morgan fingerprint density at radius 3 is 2.83 bits per heavy atom.